The van der Waals surface area contributed by atoms with Crippen molar-refractivity contribution in [1.82, 2.24) is 10.2 Å². The van der Waals surface area contributed by atoms with E-state index >= 15 is 0 Å². The Morgan fingerprint density at radius 2 is 1.68 bits per heavy atom. The third kappa shape index (κ3) is 7.18. The minimum absolute atomic E-state index is 0.169. The van der Waals surface area contributed by atoms with Crippen molar-refractivity contribution < 1.29 is 27.5 Å². The van der Waals surface area contributed by atoms with Gasteiger partial charge in [0.25, 0.3) is 0 Å². The third-order valence-electron chi connectivity index (χ3n) is 6.28. The van der Waals surface area contributed by atoms with Crippen molar-refractivity contribution in [2.45, 2.75) is 66.1 Å². The fourth-order valence-electron chi connectivity index (χ4n) is 4.25. The van der Waals surface area contributed by atoms with Crippen LogP contribution in [0.1, 0.15) is 52.2 Å². The van der Waals surface area contributed by atoms with Crippen LogP contribution in [0.5, 0.6) is 11.5 Å². The van der Waals surface area contributed by atoms with Crippen molar-refractivity contribution in [1.29, 1.82) is 0 Å². The molecule has 1 atom stereocenters. The molecule has 1 heterocycles. The summed E-state index contributed by atoms with van der Waals surface area (Å²) in [6, 6.07) is 11.7. The van der Waals surface area contributed by atoms with Gasteiger partial charge in [0.15, 0.2) is 11.5 Å². The second kappa shape index (κ2) is 12.1. The van der Waals surface area contributed by atoms with E-state index in [0.29, 0.717) is 36.8 Å². The maximum Gasteiger partial charge on any atom is 0.244 e. The number of amides is 2. The van der Waals surface area contributed by atoms with Crippen LogP contribution < -0.4 is 19.1 Å². The standard InChI is InChI=1S/C28H39N3O6S/c1-7-23(27(33)29-28(4,5)6)30(18-21-12-10-9-11-20(21)3)26(32)19-31(38(34,35)8-2)22-13-14-24-25(17-22)37-16-15-36-24/h9-14,17,23H,7-8,15-16,18-19H2,1-6H3,(H,29,33)/t23-/m0/s1. The fraction of sp³-hybridized carbons (Fsp3) is 0.500. The summed E-state index contributed by atoms with van der Waals surface area (Å²) in [6.07, 6.45) is 0.365. The molecule has 2 aromatic carbocycles. The van der Waals surface area contributed by atoms with E-state index in [4.69, 9.17) is 9.47 Å². The summed E-state index contributed by atoms with van der Waals surface area (Å²) in [5, 5.41) is 2.97. The Balaban J connectivity index is 2.01. The zero-order valence-electron chi connectivity index (χ0n) is 23.1. The van der Waals surface area contributed by atoms with Crippen LogP contribution in [-0.2, 0) is 26.2 Å². The van der Waals surface area contributed by atoms with Crippen LogP contribution in [0.4, 0.5) is 5.69 Å². The first-order chi connectivity index (χ1) is 17.9. The molecule has 2 aromatic rings. The summed E-state index contributed by atoms with van der Waals surface area (Å²) in [5.74, 6) is -0.0208. The fourth-order valence-corrected chi connectivity index (χ4v) is 5.30. The van der Waals surface area contributed by atoms with Crippen LogP contribution >= 0.6 is 0 Å². The molecule has 0 fully saturated rings. The molecule has 2 amide bonds. The van der Waals surface area contributed by atoms with Gasteiger partial charge in [0.1, 0.15) is 25.8 Å². The SMILES string of the molecule is CC[C@@H](C(=O)NC(C)(C)C)N(Cc1ccccc1C)C(=O)CN(c1ccc2c(c1)OCCO2)S(=O)(=O)CC. The summed E-state index contributed by atoms with van der Waals surface area (Å²) in [6.45, 7) is 11.4. The molecule has 0 aromatic heterocycles. The van der Waals surface area contributed by atoms with Gasteiger partial charge in [-0.15, -0.1) is 0 Å². The van der Waals surface area contributed by atoms with E-state index in [9.17, 15) is 18.0 Å². The predicted molar refractivity (Wildman–Crippen MR) is 148 cm³/mol. The van der Waals surface area contributed by atoms with Gasteiger partial charge in [0, 0.05) is 18.2 Å². The van der Waals surface area contributed by atoms with Gasteiger partial charge >= 0.3 is 0 Å². The molecule has 208 valence electrons. The predicted octanol–water partition coefficient (Wildman–Crippen LogP) is 3.64. The zero-order chi connectivity index (χ0) is 28.1. The van der Waals surface area contributed by atoms with Crippen LogP contribution in [0, 0.1) is 6.92 Å². The monoisotopic (exact) mass is 545 g/mol. The number of sulfonamides is 1. The Morgan fingerprint density at radius 3 is 2.29 bits per heavy atom. The molecule has 3 rings (SSSR count). The molecule has 0 spiro atoms. The Kier molecular flexibility index (Phi) is 9.30. The first-order valence-electron chi connectivity index (χ1n) is 12.9. The molecule has 1 aliphatic rings. The Hall–Kier alpha value is -3.27. The number of hydrogen-bond acceptors (Lipinski definition) is 6. The van der Waals surface area contributed by atoms with Gasteiger partial charge in [-0.2, -0.15) is 0 Å². The summed E-state index contributed by atoms with van der Waals surface area (Å²) in [7, 11) is -3.84. The number of aryl methyl sites for hydroxylation is 1. The van der Waals surface area contributed by atoms with Gasteiger partial charge in [-0.1, -0.05) is 31.2 Å². The van der Waals surface area contributed by atoms with E-state index < -0.39 is 34.1 Å². The van der Waals surface area contributed by atoms with E-state index in [2.05, 4.69) is 5.32 Å². The molecule has 0 unspecified atom stereocenters. The molecular formula is C28H39N3O6S. The van der Waals surface area contributed by atoms with E-state index in [1.807, 2.05) is 58.9 Å². The third-order valence-corrected chi connectivity index (χ3v) is 8.02. The van der Waals surface area contributed by atoms with E-state index in [1.165, 1.54) is 11.8 Å². The highest BCUT2D eigenvalue weighted by Gasteiger charge is 2.34. The lowest BCUT2D eigenvalue weighted by atomic mass is 10.0. The van der Waals surface area contributed by atoms with Gasteiger partial charge in [0.05, 0.1) is 11.4 Å². The highest BCUT2D eigenvalue weighted by Crippen LogP contribution is 2.35. The van der Waals surface area contributed by atoms with Crippen molar-refractivity contribution in [3.05, 3.63) is 53.6 Å². The topological polar surface area (TPSA) is 105 Å². The maximum atomic E-state index is 13.9. The molecule has 0 aliphatic carbocycles. The van der Waals surface area contributed by atoms with Crippen LogP contribution in [0.25, 0.3) is 0 Å². The van der Waals surface area contributed by atoms with Crippen molar-refractivity contribution in [2.24, 2.45) is 0 Å². The molecule has 38 heavy (non-hydrogen) atoms. The highest BCUT2D eigenvalue weighted by molar-refractivity contribution is 7.92. The summed E-state index contributed by atoms with van der Waals surface area (Å²) in [4.78, 5) is 28.7. The number of carbonyl (C=O) groups excluding carboxylic acids is 2. The summed E-state index contributed by atoms with van der Waals surface area (Å²) < 4.78 is 38.7. The molecule has 1 aliphatic heterocycles. The number of benzene rings is 2. The molecule has 10 heteroatoms. The van der Waals surface area contributed by atoms with Gasteiger partial charge < -0.3 is 19.7 Å². The lowest BCUT2D eigenvalue weighted by molar-refractivity contribution is -0.141. The van der Waals surface area contributed by atoms with Gasteiger partial charge in [-0.3, -0.25) is 13.9 Å². The number of fused-ring (bicyclic) bond motifs is 1. The molecule has 1 N–H and O–H groups in total. The minimum Gasteiger partial charge on any atom is -0.486 e. The highest BCUT2D eigenvalue weighted by atomic mass is 32.2. The second-order valence-electron chi connectivity index (χ2n) is 10.3. The number of nitrogens with one attached hydrogen (secondary N) is 1. The first kappa shape index (κ1) is 29.3. The molecule has 9 nitrogen and oxygen atoms in total. The summed E-state index contributed by atoms with van der Waals surface area (Å²) >= 11 is 0. The molecule has 0 saturated carbocycles. The van der Waals surface area contributed by atoms with E-state index in [0.717, 1.165) is 15.4 Å². The van der Waals surface area contributed by atoms with Crippen molar-refractivity contribution >= 4 is 27.5 Å². The Morgan fingerprint density at radius 1 is 1.03 bits per heavy atom. The van der Waals surface area contributed by atoms with E-state index in [-0.39, 0.29) is 18.2 Å². The minimum atomic E-state index is -3.84. The molecule has 0 saturated heterocycles. The van der Waals surface area contributed by atoms with Crippen molar-refractivity contribution in [2.75, 3.05) is 29.8 Å². The van der Waals surface area contributed by atoms with Crippen LogP contribution in [0.3, 0.4) is 0 Å². The van der Waals surface area contributed by atoms with Gasteiger partial charge in [-0.05, 0) is 64.3 Å². The smallest absolute Gasteiger partial charge is 0.244 e. The number of ether oxygens (including phenoxy) is 2. The van der Waals surface area contributed by atoms with Gasteiger partial charge in [0.2, 0.25) is 21.8 Å². The average Bonchev–Trinajstić information content (AvgIpc) is 2.86. The molecular weight excluding hydrogens is 506 g/mol. The molecule has 0 bridgehead atoms. The first-order valence-corrected chi connectivity index (χ1v) is 14.5. The normalized spacial score (nSPS) is 13.9. The second-order valence-corrected chi connectivity index (χ2v) is 12.5. The summed E-state index contributed by atoms with van der Waals surface area (Å²) in [5.41, 5.74) is 1.66. The van der Waals surface area contributed by atoms with Crippen LogP contribution in [0.15, 0.2) is 42.5 Å². The largest absolute Gasteiger partial charge is 0.486 e. The lowest BCUT2D eigenvalue weighted by Crippen LogP contribution is -2.55. The number of anilines is 1. The van der Waals surface area contributed by atoms with Gasteiger partial charge in [-0.25, -0.2) is 8.42 Å². The number of hydrogen-bond donors (Lipinski definition) is 1. The average molecular weight is 546 g/mol. The lowest BCUT2D eigenvalue weighted by Gasteiger charge is -2.35. The van der Waals surface area contributed by atoms with E-state index in [1.54, 1.807) is 18.2 Å². The number of nitrogens with zero attached hydrogens (tertiary/aromatic N) is 2. The molecule has 0 radical (unpaired) electrons. The number of rotatable bonds is 10. The van der Waals surface area contributed by atoms with Crippen molar-refractivity contribution in [3.63, 3.8) is 0 Å². The quantitative estimate of drug-likeness (QED) is 0.489. The Bertz CT molecular complexity index is 1260. The van der Waals surface area contributed by atoms with Crippen LogP contribution in [-0.4, -0.2) is 62.2 Å². The Labute approximate surface area is 226 Å². The van der Waals surface area contributed by atoms with Crippen LogP contribution in [0.2, 0.25) is 0 Å². The maximum absolute atomic E-state index is 13.9. The zero-order valence-corrected chi connectivity index (χ0v) is 23.9. The van der Waals surface area contributed by atoms with Crippen molar-refractivity contribution in [3.8, 4) is 11.5 Å². The number of carbonyl (C=O) groups is 2.